The first kappa shape index (κ1) is 18.9. The van der Waals surface area contributed by atoms with Gasteiger partial charge in [0.1, 0.15) is 6.33 Å². The summed E-state index contributed by atoms with van der Waals surface area (Å²) in [5.74, 6) is 0.341. The second-order valence-corrected chi connectivity index (χ2v) is 7.41. The lowest BCUT2D eigenvalue weighted by atomic mass is 10.2. The number of carbonyl (C=O) groups excluding carboxylic acids is 1. The highest BCUT2D eigenvalue weighted by atomic mass is 32.2. The molecule has 0 unspecified atom stereocenters. The van der Waals surface area contributed by atoms with Crippen LogP contribution >= 0.6 is 0 Å². The minimum atomic E-state index is -3.34. The average Bonchev–Trinajstić information content (AvgIpc) is 3.03. The monoisotopic (exact) mass is 367 g/mol. The molecule has 0 radical (unpaired) electrons. The second-order valence-electron chi connectivity index (χ2n) is 5.39. The van der Waals surface area contributed by atoms with Gasteiger partial charge < -0.3 is 14.6 Å². The number of anilines is 1. The molecule has 0 saturated carbocycles. The largest absolute Gasteiger partial charge is 0.383 e. The van der Waals surface area contributed by atoms with E-state index in [2.05, 4.69) is 15.5 Å². The van der Waals surface area contributed by atoms with E-state index in [1.807, 2.05) is 0 Å². The predicted molar refractivity (Wildman–Crippen MR) is 92.8 cm³/mol. The summed E-state index contributed by atoms with van der Waals surface area (Å²) in [6.07, 6.45) is 2.70. The van der Waals surface area contributed by atoms with Gasteiger partial charge in [-0.3, -0.25) is 9.10 Å². The number of nitrogens with one attached hydrogen (secondary N) is 1. The number of rotatable bonds is 8. The maximum Gasteiger partial charge on any atom is 0.251 e. The lowest BCUT2D eigenvalue weighted by Gasteiger charge is -2.16. The minimum absolute atomic E-state index is 0.230. The fraction of sp³-hybridized carbons (Fsp3) is 0.400. The molecular weight excluding hydrogens is 346 g/mol. The van der Waals surface area contributed by atoms with Crippen molar-refractivity contribution < 1.29 is 17.9 Å². The van der Waals surface area contributed by atoms with E-state index in [1.54, 1.807) is 42.3 Å². The number of amides is 1. The maximum atomic E-state index is 12.2. The standard InChI is InChI=1S/C15H21N5O4S/c1-19(25(3,22)23)13-6-4-12(5-7-13)15(21)16-10-14-18-17-11-20(14)8-9-24-2/h4-7,11H,8-10H2,1-3H3,(H,16,21). The van der Waals surface area contributed by atoms with Crippen molar-refractivity contribution in [3.63, 3.8) is 0 Å². The van der Waals surface area contributed by atoms with Crippen molar-refractivity contribution in [2.75, 3.05) is 31.3 Å². The van der Waals surface area contributed by atoms with Crippen LogP contribution in [0.2, 0.25) is 0 Å². The summed E-state index contributed by atoms with van der Waals surface area (Å²) in [5.41, 5.74) is 0.909. The van der Waals surface area contributed by atoms with Crippen molar-refractivity contribution in [3.8, 4) is 0 Å². The molecule has 25 heavy (non-hydrogen) atoms. The number of hydrogen-bond acceptors (Lipinski definition) is 6. The summed E-state index contributed by atoms with van der Waals surface area (Å²) in [4.78, 5) is 12.2. The molecule has 0 spiro atoms. The van der Waals surface area contributed by atoms with E-state index in [0.29, 0.717) is 30.2 Å². The van der Waals surface area contributed by atoms with Crippen LogP contribution in [0.3, 0.4) is 0 Å². The van der Waals surface area contributed by atoms with Crippen LogP contribution in [0.1, 0.15) is 16.2 Å². The Bertz CT molecular complexity index is 817. The minimum Gasteiger partial charge on any atom is -0.383 e. The zero-order valence-electron chi connectivity index (χ0n) is 14.3. The molecule has 10 heteroatoms. The molecule has 136 valence electrons. The van der Waals surface area contributed by atoms with Gasteiger partial charge in [-0.15, -0.1) is 10.2 Å². The van der Waals surface area contributed by atoms with Crippen molar-refractivity contribution in [1.82, 2.24) is 20.1 Å². The number of carbonyl (C=O) groups is 1. The van der Waals surface area contributed by atoms with Crippen LogP contribution < -0.4 is 9.62 Å². The quantitative estimate of drug-likeness (QED) is 0.717. The van der Waals surface area contributed by atoms with Crippen LogP contribution in [0.5, 0.6) is 0 Å². The molecule has 1 heterocycles. The summed E-state index contributed by atoms with van der Waals surface area (Å²) in [6.45, 7) is 1.35. The molecule has 0 aliphatic heterocycles. The number of aromatic nitrogens is 3. The Hall–Kier alpha value is -2.46. The highest BCUT2D eigenvalue weighted by Crippen LogP contribution is 2.16. The highest BCUT2D eigenvalue weighted by Gasteiger charge is 2.13. The number of sulfonamides is 1. The third-order valence-corrected chi connectivity index (χ3v) is 4.84. The summed E-state index contributed by atoms with van der Waals surface area (Å²) in [5, 5.41) is 10.6. The van der Waals surface area contributed by atoms with E-state index in [9.17, 15) is 13.2 Å². The Morgan fingerprint density at radius 2 is 2.00 bits per heavy atom. The Morgan fingerprint density at radius 3 is 2.60 bits per heavy atom. The summed E-state index contributed by atoms with van der Waals surface area (Å²) < 4.78 is 31.0. The van der Waals surface area contributed by atoms with Crippen LogP contribution in [0.15, 0.2) is 30.6 Å². The van der Waals surface area contributed by atoms with Gasteiger partial charge in [-0.25, -0.2) is 8.42 Å². The Balaban J connectivity index is 1.99. The predicted octanol–water partition coefficient (Wildman–Crippen LogP) is 0.250. The Kier molecular flexibility index (Phi) is 6.10. The topological polar surface area (TPSA) is 106 Å². The van der Waals surface area contributed by atoms with E-state index < -0.39 is 10.0 Å². The summed E-state index contributed by atoms with van der Waals surface area (Å²) in [7, 11) is -0.273. The van der Waals surface area contributed by atoms with Gasteiger partial charge in [-0.1, -0.05) is 0 Å². The first-order valence-corrected chi connectivity index (χ1v) is 9.35. The van der Waals surface area contributed by atoms with Crippen molar-refractivity contribution in [1.29, 1.82) is 0 Å². The molecule has 1 aromatic heterocycles. The first-order chi connectivity index (χ1) is 11.8. The Labute approximate surface area is 146 Å². The summed E-state index contributed by atoms with van der Waals surface area (Å²) >= 11 is 0. The van der Waals surface area contributed by atoms with Crippen molar-refractivity contribution in [3.05, 3.63) is 42.0 Å². The van der Waals surface area contributed by atoms with E-state index in [4.69, 9.17) is 4.74 Å². The molecule has 0 bridgehead atoms. The van der Waals surface area contributed by atoms with Crippen LogP contribution in [0, 0.1) is 0 Å². The molecule has 0 atom stereocenters. The van der Waals surface area contributed by atoms with E-state index in [-0.39, 0.29) is 12.5 Å². The van der Waals surface area contributed by atoms with Crippen molar-refractivity contribution in [2.45, 2.75) is 13.1 Å². The number of nitrogens with zero attached hydrogens (tertiary/aromatic N) is 4. The van der Waals surface area contributed by atoms with E-state index >= 15 is 0 Å². The lowest BCUT2D eigenvalue weighted by molar-refractivity contribution is 0.0949. The van der Waals surface area contributed by atoms with Gasteiger partial charge in [-0.05, 0) is 24.3 Å². The molecule has 2 aromatic rings. The fourth-order valence-electron chi connectivity index (χ4n) is 2.07. The zero-order valence-corrected chi connectivity index (χ0v) is 15.2. The van der Waals surface area contributed by atoms with Gasteiger partial charge >= 0.3 is 0 Å². The van der Waals surface area contributed by atoms with E-state index in [1.165, 1.54) is 7.05 Å². The average molecular weight is 367 g/mol. The number of ether oxygens (including phenoxy) is 1. The summed E-state index contributed by atoms with van der Waals surface area (Å²) in [6, 6.07) is 6.30. The molecular formula is C15H21N5O4S. The third-order valence-electron chi connectivity index (χ3n) is 3.63. The van der Waals surface area contributed by atoms with Crippen LogP contribution in [-0.4, -0.2) is 56.1 Å². The van der Waals surface area contributed by atoms with Gasteiger partial charge in [0.05, 0.1) is 25.1 Å². The second kappa shape index (κ2) is 8.08. The van der Waals surface area contributed by atoms with Crippen LogP contribution in [-0.2, 0) is 27.8 Å². The van der Waals surface area contributed by atoms with Crippen LogP contribution in [0.4, 0.5) is 5.69 Å². The normalized spacial score (nSPS) is 11.3. The van der Waals surface area contributed by atoms with Gasteiger partial charge in [-0.2, -0.15) is 0 Å². The molecule has 1 N–H and O–H groups in total. The highest BCUT2D eigenvalue weighted by molar-refractivity contribution is 7.92. The molecule has 0 aliphatic rings. The lowest BCUT2D eigenvalue weighted by Crippen LogP contribution is -2.26. The smallest absolute Gasteiger partial charge is 0.251 e. The first-order valence-electron chi connectivity index (χ1n) is 7.50. The van der Waals surface area contributed by atoms with Gasteiger partial charge in [0, 0.05) is 26.3 Å². The van der Waals surface area contributed by atoms with Gasteiger partial charge in [0.25, 0.3) is 5.91 Å². The van der Waals surface area contributed by atoms with Gasteiger partial charge in [0.15, 0.2) is 5.82 Å². The van der Waals surface area contributed by atoms with Crippen molar-refractivity contribution in [2.24, 2.45) is 0 Å². The molecule has 1 aromatic carbocycles. The molecule has 1 amide bonds. The Morgan fingerprint density at radius 1 is 1.32 bits per heavy atom. The zero-order chi connectivity index (χ0) is 18.4. The number of benzene rings is 1. The fourth-order valence-corrected chi connectivity index (χ4v) is 2.57. The molecule has 0 saturated heterocycles. The molecule has 0 fully saturated rings. The van der Waals surface area contributed by atoms with Crippen molar-refractivity contribution >= 4 is 21.6 Å². The maximum absolute atomic E-state index is 12.2. The SMILES string of the molecule is COCCn1cnnc1CNC(=O)c1ccc(N(C)S(C)(=O)=O)cc1. The van der Waals surface area contributed by atoms with E-state index in [0.717, 1.165) is 10.6 Å². The van der Waals surface area contributed by atoms with Gasteiger partial charge in [0.2, 0.25) is 10.0 Å². The van der Waals surface area contributed by atoms with Crippen LogP contribution in [0.25, 0.3) is 0 Å². The molecule has 2 rings (SSSR count). The molecule has 9 nitrogen and oxygen atoms in total. The third kappa shape index (κ3) is 5.00. The number of hydrogen-bond donors (Lipinski definition) is 1. The molecule has 0 aliphatic carbocycles. The number of methoxy groups -OCH3 is 1.